The Hall–Kier alpha value is -1.47. The number of hydrogen-bond donors (Lipinski definition) is 1. The van der Waals surface area contributed by atoms with E-state index in [0.717, 1.165) is 31.5 Å². The van der Waals surface area contributed by atoms with Crippen molar-refractivity contribution in [3.05, 3.63) is 29.8 Å². The van der Waals surface area contributed by atoms with Gasteiger partial charge in [-0.05, 0) is 55.5 Å². The molecule has 26 heavy (non-hydrogen) atoms. The maximum Gasteiger partial charge on any atom is 0.573 e. The lowest BCUT2D eigenvalue weighted by Crippen LogP contribution is -2.34. The fraction of sp³-hybridized carbons (Fsp3) is 0.611. The first-order valence-electron chi connectivity index (χ1n) is 8.54. The Labute approximate surface area is 158 Å². The zero-order chi connectivity index (χ0) is 18.4. The fourth-order valence-corrected chi connectivity index (χ4v) is 3.17. The van der Waals surface area contributed by atoms with Crippen LogP contribution in [0.15, 0.2) is 24.3 Å². The quantitative estimate of drug-likeness (QED) is 0.793. The molecule has 4 nitrogen and oxygen atoms in total. The van der Waals surface area contributed by atoms with E-state index < -0.39 is 6.36 Å². The van der Waals surface area contributed by atoms with E-state index in [4.69, 9.17) is 0 Å². The Bertz CT molecular complexity index is 561. The highest BCUT2D eigenvalue weighted by molar-refractivity contribution is 5.85. The van der Waals surface area contributed by atoms with Gasteiger partial charge in [0.15, 0.2) is 0 Å². The van der Waals surface area contributed by atoms with Crippen LogP contribution in [0.1, 0.15) is 31.7 Å². The first-order chi connectivity index (χ1) is 11.7. The first kappa shape index (κ1) is 22.6. The average molecular weight is 395 g/mol. The molecular weight excluding hydrogens is 369 g/mol. The molecule has 1 N–H and O–H groups in total. The highest BCUT2D eigenvalue weighted by Gasteiger charge is 2.31. The zero-order valence-corrected chi connectivity index (χ0v) is 15.8. The Balaban J connectivity index is 0.00000338. The highest BCUT2D eigenvalue weighted by atomic mass is 35.5. The first-order valence-corrected chi connectivity index (χ1v) is 8.54. The maximum atomic E-state index is 12.4. The monoisotopic (exact) mass is 394 g/mol. The minimum Gasteiger partial charge on any atom is -0.406 e. The molecule has 148 valence electrons. The van der Waals surface area contributed by atoms with Crippen LogP contribution in [0.4, 0.5) is 13.2 Å². The molecule has 0 spiro atoms. The van der Waals surface area contributed by atoms with Gasteiger partial charge in [-0.3, -0.25) is 4.79 Å². The number of ether oxygens (including phenoxy) is 1. The number of amides is 1. The minimum absolute atomic E-state index is 0. The predicted octanol–water partition coefficient (Wildman–Crippen LogP) is 3.99. The van der Waals surface area contributed by atoms with Gasteiger partial charge in [0.1, 0.15) is 5.75 Å². The summed E-state index contributed by atoms with van der Waals surface area (Å²) in [5.74, 6) is 0.698. The van der Waals surface area contributed by atoms with E-state index in [1.54, 1.807) is 24.1 Å². The third-order valence-corrected chi connectivity index (χ3v) is 4.69. The van der Waals surface area contributed by atoms with Crippen LogP contribution in [-0.4, -0.2) is 37.3 Å². The van der Waals surface area contributed by atoms with E-state index in [0.29, 0.717) is 24.8 Å². The largest absolute Gasteiger partial charge is 0.573 e. The van der Waals surface area contributed by atoms with Crippen molar-refractivity contribution in [1.82, 2.24) is 10.2 Å². The van der Waals surface area contributed by atoms with Crippen molar-refractivity contribution in [2.45, 2.75) is 39.1 Å². The number of nitrogens with zero attached hydrogens (tertiary/aromatic N) is 1. The van der Waals surface area contributed by atoms with E-state index in [2.05, 4.69) is 17.0 Å². The van der Waals surface area contributed by atoms with Gasteiger partial charge in [-0.2, -0.15) is 0 Å². The molecule has 1 aromatic carbocycles. The SMILES string of the molecule is CC(CC(=O)N(C)Cc1ccc(OC(F)(F)F)cc1)C1CCNCC1.Cl. The number of hydrogen-bond acceptors (Lipinski definition) is 3. The second-order valence-corrected chi connectivity index (χ2v) is 6.71. The topological polar surface area (TPSA) is 41.6 Å². The Morgan fingerprint density at radius 2 is 1.85 bits per heavy atom. The summed E-state index contributed by atoms with van der Waals surface area (Å²) in [6.45, 7) is 4.49. The van der Waals surface area contributed by atoms with Gasteiger partial charge in [-0.1, -0.05) is 19.1 Å². The van der Waals surface area contributed by atoms with Gasteiger partial charge in [-0.15, -0.1) is 25.6 Å². The van der Waals surface area contributed by atoms with Crippen LogP contribution in [0.3, 0.4) is 0 Å². The smallest absolute Gasteiger partial charge is 0.406 e. The lowest BCUT2D eigenvalue weighted by Gasteiger charge is -2.29. The number of carbonyl (C=O) groups is 1. The molecule has 1 aromatic rings. The molecule has 2 rings (SSSR count). The van der Waals surface area contributed by atoms with Gasteiger partial charge in [-0.25, -0.2) is 0 Å². The van der Waals surface area contributed by atoms with Gasteiger partial charge >= 0.3 is 6.36 Å². The summed E-state index contributed by atoms with van der Waals surface area (Å²) in [4.78, 5) is 14.0. The second kappa shape index (κ2) is 10.0. The molecule has 1 amide bonds. The van der Waals surface area contributed by atoms with Gasteiger partial charge in [0.2, 0.25) is 5.91 Å². The van der Waals surface area contributed by atoms with E-state index in [1.807, 2.05) is 0 Å². The van der Waals surface area contributed by atoms with Crippen LogP contribution in [0, 0.1) is 11.8 Å². The molecule has 1 unspecified atom stereocenters. The minimum atomic E-state index is -4.70. The summed E-state index contributed by atoms with van der Waals surface area (Å²) in [5, 5.41) is 3.32. The van der Waals surface area contributed by atoms with Gasteiger partial charge < -0.3 is 15.0 Å². The molecule has 0 aliphatic carbocycles. The van der Waals surface area contributed by atoms with Crippen molar-refractivity contribution in [2.24, 2.45) is 11.8 Å². The number of alkyl halides is 3. The second-order valence-electron chi connectivity index (χ2n) is 6.71. The van der Waals surface area contributed by atoms with Crippen molar-refractivity contribution >= 4 is 18.3 Å². The molecule has 1 fully saturated rings. The van der Waals surface area contributed by atoms with E-state index in [9.17, 15) is 18.0 Å². The predicted molar refractivity (Wildman–Crippen MR) is 96.2 cm³/mol. The van der Waals surface area contributed by atoms with Crippen LogP contribution in [-0.2, 0) is 11.3 Å². The van der Waals surface area contributed by atoms with Crippen molar-refractivity contribution < 1.29 is 22.7 Å². The zero-order valence-electron chi connectivity index (χ0n) is 15.0. The summed E-state index contributed by atoms with van der Waals surface area (Å²) in [6.07, 6.45) is -2.01. The van der Waals surface area contributed by atoms with Crippen molar-refractivity contribution in [3.8, 4) is 5.75 Å². The van der Waals surface area contributed by atoms with Crippen molar-refractivity contribution in [2.75, 3.05) is 20.1 Å². The van der Waals surface area contributed by atoms with Crippen LogP contribution >= 0.6 is 12.4 Å². The van der Waals surface area contributed by atoms with Crippen LogP contribution < -0.4 is 10.1 Å². The lowest BCUT2D eigenvalue weighted by atomic mass is 9.84. The molecular formula is C18H26ClF3N2O2. The molecule has 1 saturated heterocycles. The molecule has 0 bridgehead atoms. The summed E-state index contributed by atoms with van der Waals surface area (Å²) < 4.78 is 40.3. The Morgan fingerprint density at radius 1 is 1.27 bits per heavy atom. The number of halogens is 4. The van der Waals surface area contributed by atoms with Crippen molar-refractivity contribution in [3.63, 3.8) is 0 Å². The van der Waals surface area contributed by atoms with Gasteiger partial charge in [0.25, 0.3) is 0 Å². The number of nitrogens with one attached hydrogen (secondary N) is 1. The fourth-order valence-electron chi connectivity index (χ4n) is 3.17. The molecule has 0 radical (unpaired) electrons. The standard InChI is InChI=1S/C18H25F3N2O2.ClH/c1-13(15-7-9-22-10-8-15)11-17(24)23(2)12-14-3-5-16(6-4-14)25-18(19,20)21;/h3-6,13,15,22H,7-12H2,1-2H3;1H. The number of carbonyl (C=O) groups excluding carboxylic acids is 1. The average Bonchev–Trinajstić information content (AvgIpc) is 2.56. The summed E-state index contributed by atoms with van der Waals surface area (Å²) >= 11 is 0. The molecule has 1 atom stereocenters. The van der Waals surface area contributed by atoms with Crippen LogP contribution in [0.25, 0.3) is 0 Å². The van der Waals surface area contributed by atoms with Crippen LogP contribution in [0.2, 0.25) is 0 Å². The van der Waals surface area contributed by atoms with E-state index in [-0.39, 0.29) is 24.1 Å². The molecule has 1 aliphatic rings. The Morgan fingerprint density at radius 3 is 2.38 bits per heavy atom. The molecule has 0 aromatic heterocycles. The number of piperidine rings is 1. The van der Waals surface area contributed by atoms with Crippen molar-refractivity contribution in [1.29, 1.82) is 0 Å². The van der Waals surface area contributed by atoms with E-state index in [1.165, 1.54) is 12.1 Å². The number of rotatable bonds is 6. The van der Waals surface area contributed by atoms with Gasteiger partial charge in [0, 0.05) is 20.0 Å². The van der Waals surface area contributed by atoms with E-state index >= 15 is 0 Å². The Kier molecular flexibility index (Phi) is 8.70. The third-order valence-electron chi connectivity index (χ3n) is 4.69. The molecule has 1 heterocycles. The maximum absolute atomic E-state index is 12.4. The summed E-state index contributed by atoms with van der Waals surface area (Å²) in [5.41, 5.74) is 0.764. The molecule has 1 aliphatic heterocycles. The third kappa shape index (κ3) is 7.41. The van der Waals surface area contributed by atoms with Crippen LogP contribution in [0.5, 0.6) is 5.75 Å². The molecule has 0 saturated carbocycles. The lowest BCUT2D eigenvalue weighted by molar-refractivity contribution is -0.274. The summed E-state index contributed by atoms with van der Waals surface area (Å²) in [7, 11) is 1.72. The molecule has 8 heteroatoms. The summed E-state index contributed by atoms with van der Waals surface area (Å²) in [6, 6.07) is 5.61. The highest BCUT2D eigenvalue weighted by Crippen LogP contribution is 2.25. The van der Waals surface area contributed by atoms with Gasteiger partial charge in [0.05, 0.1) is 0 Å². The normalized spacial score (nSPS) is 16.5. The number of benzene rings is 1.